The van der Waals surface area contributed by atoms with E-state index < -0.39 is 0 Å². The van der Waals surface area contributed by atoms with Gasteiger partial charge in [0.2, 0.25) is 0 Å². The Morgan fingerprint density at radius 1 is 1.40 bits per heavy atom. The van der Waals surface area contributed by atoms with E-state index >= 15 is 0 Å². The van der Waals surface area contributed by atoms with Gasteiger partial charge in [-0.1, -0.05) is 0 Å². The van der Waals surface area contributed by atoms with Crippen LogP contribution in [0.1, 0.15) is 55.1 Å². The molecule has 1 saturated carbocycles. The fourth-order valence-corrected chi connectivity index (χ4v) is 2.81. The van der Waals surface area contributed by atoms with Crippen molar-refractivity contribution in [1.29, 1.82) is 0 Å². The third-order valence-electron chi connectivity index (χ3n) is 4.07. The molecule has 1 saturated heterocycles. The number of carbonyl (C=O) groups excluding carboxylic acids is 1. The molecule has 5 heteroatoms. The van der Waals surface area contributed by atoms with Crippen LogP contribution in [0.25, 0.3) is 0 Å². The number of ether oxygens (including phenoxy) is 1. The van der Waals surface area contributed by atoms with Gasteiger partial charge in [-0.3, -0.25) is 4.79 Å². The first-order chi connectivity index (χ1) is 9.74. The Balaban J connectivity index is 1.51. The van der Waals surface area contributed by atoms with Crippen LogP contribution >= 0.6 is 0 Å². The van der Waals surface area contributed by atoms with Gasteiger partial charge in [0.05, 0.1) is 11.8 Å². The molecule has 0 aromatic carbocycles. The molecular weight excluding hydrogens is 254 g/mol. The van der Waals surface area contributed by atoms with Crippen LogP contribution in [0.15, 0.2) is 12.3 Å². The molecule has 5 nitrogen and oxygen atoms in total. The maximum absolute atomic E-state index is 12.2. The summed E-state index contributed by atoms with van der Waals surface area (Å²) < 4.78 is 7.68. The third kappa shape index (κ3) is 3.15. The highest BCUT2D eigenvalue weighted by Crippen LogP contribution is 2.37. The van der Waals surface area contributed by atoms with Gasteiger partial charge in [-0.25, -0.2) is 0 Å². The average Bonchev–Trinajstić information content (AvgIpc) is 3.22. The van der Waals surface area contributed by atoms with Gasteiger partial charge >= 0.3 is 0 Å². The number of nitrogens with two attached hydrogens (primary N) is 1. The van der Waals surface area contributed by atoms with Crippen LogP contribution in [-0.4, -0.2) is 29.7 Å². The minimum atomic E-state index is -0.0237. The lowest BCUT2D eigenvalue weighted by Gasteiger charge is -2.22. The fourth-order valence-electron chi connectivity index (χ4n) is 2.81. The predicted octanol–water partition coefficient (Wildman–Crippen LogP) is 2.09. The largest absolute Gasteiger partial charge is 0.397 e. The van der Waals surface area contributed by atoms with E-state index in [0.29, 0.717) is 30.1 Å². The van der Waals surface area contributed by atoms with Crippen LogP contribution in [0.2, 0.25) is 0 Å². The molecule has 1 aromatic rings. The number of nitrogen functional groups attached to an aromatic ring is 1. The van der Waals surface area contributed by atoms with E-state index in [0.717, 1.165) is 38.7 Å². The lowest BCUT2D eigenvalue weighted by molar-refractivity contribution is 0.0117. The molecule has 0 radical (unpaired) electrons. The first-order valence-electron chi connectivity index (χ1n) is 7.61. The molecule has 20 heavy (non-hydrogen) atoms. The quantitative estimate of drug-likeness (QED) is 0.866. The maximum Gasteiger partial charge on any atom is 0.267 e. The van der Waals surface area contributed by atoms with Gasteiger partial charge in [0, 0.05) is 25.4 Å². The highest BCUT2D eigenvalue weighted by Gasteiger charge is 2.27. The molecule has 1 aliphatic carbocycles. The Labute approximate surface area is 119 Å². The van der Waals surface area contributed by atoms with E-state index in [4.69, 9.17) is 10.5 Å². The van der Waals surface area contributed by atoms with E-state index in [2.05, 4.69) is 5.32 Å². The fraction of sp³-hybridized carbons (Fsp3) is 0.667. The van der Waals surface area contributed by atoms with E-state index in [1.807, 2.05) is 10.8 Å². The topological polar surface area (TPSA) is 69.3 Å². The minimum Gasteiger partial charge on any atom is -0.397 e. The zero-order chi connectivity index (χ0) is 13.9. The smallest absolute Gasteiger partial charge is 0.267 e. The van der Waals surface area contributed by atoms with Crippen LogP contribution in [0, 0.1) is 0 Å². The molecule has 2 aliphatic rings. The number of carbonyl (C=O) groups is 1. The summed E-state index contributed by atoms with van der Waals surface area (Å²) >= 11 is 0. The molecule has 3 rings (SSSR count). The first-order valence-corrected chi connectivity index (χ1v) is 7.61. The highest BCUT2D eigenvalue weighted by atomic mass is 16.5. The Morgan fingerprint density at radius 2 is 2.25 bits per heavy atom. The molecule has 2 heterocycles. The minimum absolute atomic E-state index is 0.0237. The van der Waals surface area contributed by atoms with Crippen LogP contribution < -0.4 is 11.1 Å². The zero-order valence-corrected chi connectivity index (χ0v) is 11.8. The summed E-state index contributed by atoms with van der Waals surface area (Å²) in [5, 5.41) is 2.99. The van der Waals surface area contributed by atoms with Crippen molar-refractivity contribution < 1.29 is 9.53 Å². The summed E-state index contributed by atoms with van der Waals surface area (Å²) in [5.74, 6) is -0.0237. The third-order valence-corrected chi connectivity index (χ3v) is 4.07. The van der Waals surface area contributed by atoms with Crippen LogP contribution in [0.5, 0.6) is 0 Å². The molecule has 1 unspecified atom stereocenters. The van der Waals surface area contributed by atoms with E-state index in [-0.39, 0.29) is 5.91 Å². The summed E-state index contributed by atoms with van der Waals surface area (Å²) in [5.41, 5.74) is 7.16. The SMILES string of the molecule is Nc1cc(C(=O)NCCC2CCCCO2)n(C2CC2)c1. The van der Waals surface area contributed by atoms with Gasteiger partial charge < -0.3 is 20.4 Å². The Kier molecular flexibility index (Phi) is 3.96. The van der Waals surface area contributed by atoms with Crippen molar-refractivity contribution in [1.82, 2.24) is 9.88 Å². The van der Waals surface area contributed by atoms with Gasteiger partial charge in [0.15, 0.2) is 0 Å². The number of anilines is 1. The van der Waals surface area contributed by atoms with Gasteiger partial charge in [0.25, 0.3) is 5.91 Å². The van der Waals surface area contributed by atoms with Crippen LogP contribution in [0.4, 0.5) is 5.69 Å². The number of rotatable bonds is 5. The van der Waals surface area contributed by atoms with E-state index in [9.17, 15) is 4.79 Å². The molecule has 0 bridgehead atoms. The number of amides is 1. The molecular formula is C15H23N3O2. The number of hydrogen-bond donors (Lipinski definition) is 2. The molecule has 1 aliphatic heterocycles. The second kappa shape index (κ2) is 5.87. The van der Waals surface area contributed by atoms with E-state index in [1.54, 1.807) is 6.07 Å². The average molecular weight is 277 g/mol. The van der Waals surface area contributed by atoms with Crippen molar-refractivity contribution in [2.24, 2.45) is 0 Å². The lowest BCUT2D eigenvalue weighted by atomic mass is 10.1. The standard InChI is InChI=1S/C15H23N3O2/c16-11-9-14(18(10-11)12-4-5-12)15(19)17-7-6-13-3-1-2-8-20-13/h9-10,12-13H,1-8,16H2,(H,17,19). The molecule has 3 N–H and O–H groups in total. The summed E-state index contributed by atoms with van der Waals surface area (Å²) in [4.78, 5) is 12.2. The van der Waals surface area contributed by atoms with Crippen molar-refractivity contribution in [2.45, 2.75) is 50.7 Å². The first kappa shape index (κ1) is 13.5. The zero-order valence-electron chi connectivity index (χ0n) is 11.8. The van der Waals surface area contributed by atoms with Crippen molar-refractivity contribution in [3.63, 3.8) is 0 Å². The second-order valence-corrected chi connectivity index (χ2v) is 5.83. The monoisotopic (exact) mass is 277 g/mol. The number of nitrogens with one attached hydrogen (secondary N) is 1. The summed E-state index contributed by atoms with van der Waals surface area (Å²) in [6.45, 7) is 1.53. The van der Waals surface area contributed by atoms with Gasteiger partial charge in [0.1, 0.15) is 5.69 Å². The molecule has 110 valence electrons. The van der Waals surface area contributed by atoms with Crippen LogP contribution in [0.3, 0.4) is 0 Å². The summed E-state index contributed by atoms with van der Waals surface area (Å²) in [7, 11) is 0. The molecule has 0 spiro atoms. The molecule has 2 fully saturated rings. The Morgan fingerprint density at radius 3 is 2.95 bits per heavy atom. The number of aromatic nitrogens is 1. The van der Waals surface area contributed by atoms with E-state index in [1.165, 1.54) is 6.42 Å². The normalized spacial score (nSPS) is 22.7. The van der Waals surface area contributed by atoms with Crippen LogP contribution in [-0.2, 0) is 4.74 Å². The Hall–Kier alpha value is -1.49. The maximum atomic E-state index is 12.2. The lowest BCUT2D eigenvalue weighted by Crippen LogP contribution is -2.30. The van der Waals surface area contributed by atoms with Gasteiger partial charge in [-0.2, -0.15) is 0 Å². The molecule has 1 aromatic heterocycles. The summed E-state index contributed by atoms with van der Waals surface area (Å²) in [6, 6.07) is 2.24. The number of nitrogens with zero attached hydrogens (tertiary/aromatic N) is 1. The van der Waals surface area contributed by atoms with Crippen molar-refractivity contribution >= 4 is 11.6 Å². The number of hydrogen-bond acceptors (Lipinski definition) is 3. The Bertz CT molecular complexity index is 473. The second-order valence-electron chi connectivity index (χ2n) is 5.83. The predicted molar refractivity (Wildman–Crippen MR) is 77.7 cm³/mol. The highest BCUT2D eigenvalue weighted by molar-refractivity contribution is 5.93. The molecule has 1 atom stereocenters. The van der Waals surface area contributed by atoms with Gasteiger partial charge in [-0.15, -0.1) is 0 Å². The van der Waals surface area contributed by atoms with Gasteiger partial charge in [-0.05, 0) is 44.6 Å². The summed E-state index contributed by atoms with van der Waals surface area (Å²) in [6.07, 6.45) is 8.87. The molecule has 1 amide bonds. The van der Waals surface area contributed by atoms with Crippen molar-refractivity contribution in [3.8, 4) is 0 Å². The van der Waals surface area contributed by atoms with Crippen molar-refractivity contribution in [3.05, 3.63) is 18.0 Å². The van der Waals surface area contributed by atoms with Crippen molar-refractivity contribution in [2.75, 3.05) is 18.9 Å².